The highest BCUT2D eigenvalue weighted by Gasteiger charge is 2.07. The number of nitrogens with two attached hydrogens (primary N) is 2. The Bertz CT molecular complexity index is 334. The van der Waals surface area contributed by atoms with Gasteiger partial charge in [-0.15, -0.1) is 0 Å². The lowest BCUT2D eigenvalue weighted by Crippen LogP contribution is -2.10. The van der Waals surface area contributed by atoms with Gasteiger partial charge in [-0.05, 0) is 13.1 Å². The van der Waals surface area contributed by atoms with Crippen molar-refractivity contribution in [3.05, 3.63) is 35.4 Å². The van der Waals surface area contributed by atoms with E-state index in [9.17, 15) is 9.59 Å². The van der Waals surface area contributed by atoms with Gasteiger partial charge in [-0.25, -0.2) is 0 Å². The number of ketones is 2. The Morgan fingerprint density at radius 2 is 1.12 bits per heavy atom. The molecule has 0 saturated heterocycles. The third kappa shape index (κ3) is 3.25. The second kappa shape index (κ2) is 6.15. The predicted octanol–water partition coefficient (Wildman–Crippen LogP) is 0.750. The molecular formula is C12H16N2O2. The number of Topliss-reactive ketones (excluding diaryl/α,β-unsaturated/α-hetero) is 2. The summed E-state index contributed by atoms with van der Waals surface area (Å²) in [6.45, 7) is 0.680. The van der Waals surface area contributed by atoms with Crippen molar-refractivity contribution >= 4 is 11.6 Å². The van der Waals surface area contributed by atoms with E-state index in [1.165, 1.54) is 0 Å². The Morgan fingerprint density at radius 3 is 1.38 bits per heavy atom. The molecule has 0 saturated carbocycles. The zero-order valence-electron chi connectivity index (χ0n) is 9.11. The summed E-state index contributed by atoms with van der Waals surface area (Å²) in [5.74, 6) is 0.000600. The monoisotopic (exact) mass is 220 g/mol. The van der Waals surface area contributed by atoms with Crippen molar-refractivity contribution in [1.29, 1.82) is 0 Å². The molecule has 4 N–H and O–H groups in total. The number of hydrogen-bond acceptors (Lipinski definition) is 4. The Labute approximate surface area is 94.6 Å². The third-order valence-electron chi connectivity index (χ3n) is 2.27. The molecule has 0 radical (unpaired) electrons. The van der Waals surface area contributed by atoms with Gasteiger partial charge < -0.3 is 11.5 Å². The first-order chi connectivity index (χ1) is 7.69. The second-order valence-corrected chi connectivity index (χ2v) is 3.50. The van der Waals surface area contributed by atoms with Crippen LogP contribution in [0.25, 0.3) is 0 Å². The summed E-state index contributed by atoms with van der Waals surface area (Å²) in [6, 6.07) is 6.62. The van der Waals surface area contributed by atoms with Crippen molar-refractivity contribution in [1.82, 2.24) is 0 Å². The van der Waals surface area contributed by atoms with Gasteiger partial charge in [0.2, 0.25) is 0 Å². The molecule has 1 aromatic rings. The van der Waals surface area contributed by atoms with Crippen molar-refractivity contribution in [2.75, 3.05) is 13.1 Å². The Hall–Kier alpha value is -1.52. The van der Waals surface area contributed by atoms with Gasteiger partial charge in [-0.1, -0.05) is 24.3 Å². The molecule has 0 fully saturated rings. The summed E-state index contributed by atoms with van der Waals surface area (Å²) < 4.78 is 0. The number of benzene rings is 1. The van der Waals surface area contributed by atoms with Gasteiger partial charge in [0, 0.05) is 24.0 Å². The minimum absolute atomic E-state index is 0.000300. The van der Waals surface area contributed by atoms with Crippen LogP contribution in [0, 0.1) is 0 Å². The summed E-state index contributed by atoms with van der Waals surface area (Å²) in [5, 5.41) is 0. The van der Waals surface area contributed by atoms with Gasteiger partial charge in [0.1, 0.15) is 0 Å². The van der Waals surface area contributed by atoms with Gasteiger partial charge in [-0.2, -0.15) is 0 Å². The molecule has 1 aromatic carbocycles. The molecule has 0 aromatic heterocycles. The van der Waals surface area contributed by atoms with Crippen molar-refractivity contribution in [2.45, 2.75) is 12.8 Å². The highest BCUT2D eigenvalue weighted by Crippen LogP contribution is 2.08. The van der Waals surface area contributed by atoms with Crippen molar-refractivity contribution < 1.29 is 9.59 Å². The maximum Gasteiger partial charge on any atom is 0.164 e. The van der Waals surface area contributed by atoms with Crippen LogP contribution in [0.2, 0.25) is 0 Å². The maximum atomic E-state index is 11.5. The lowest BCUT2D eigenvalue weighted by atomic mass is 10.0. The van der Waals surface area contributed by atoms with Crippen LogP contribution in [0.3, 0.4) is 0 Å². The molecule has 1 rings (SSSR count). The molecule has 0 spiro atoms. The summed E-state index contributed by atoms with van der Waals surface area (Å²) in [4.78, 5) is 22.9. The van der Waals surface area contributed by atoms with E-state index in [2.05, 4.69) is 0 Å². The van der Waals surface area contributed by atoms with Crippen molar-refractivity contribution in [2.24, 2.45) is 11.5 Å². The minimum atomic E-state index is 0.000300. The normalized spacial score (nSPS) is 10.1. The second-order valence-electron chi connectivity index (χ2n) is 3.50. The van der Waals surface area contributed by atoms with Gasteiger partial charge >= 0.3 is 0 Å². The average Bonchev–Trinajstić information content (AvgIpc) is 2.30. The van der Waals surface area contributed by atoms with Gasteiger partial charge in [0.05, 0.1) is 0 Å². The molecule has 4 heteroatoms. The van der Waals surface area contributed by atoms with E-state index in [1.807, 2.05) is 0 Å². The number of carbonyl (C=O) groups excluding carboxylic acids is 2. The van der Waals surface area contributed by atoms with E-state index in [-0.39, 0.29) is 11.6 Å². The highest BCUT2D eigenvalue weighted by molar-refractivity contribution is 5.99. The average molecular weight is 220 g/mol. The fraction of sp³-hybridized carbons (Fsp3) is 0.333. The van der Waals surface area contributed by atoms with E-state index in [1.54, 1.807) is 24.3 Å². The fourth-order valence-electron chi connectivity index (χ4n) is 1.39. The minimum Gasteiger partial charge on any atom is -0.330 e. The van der Waals surface area contributed by atoms with Crippen LogP contribution < -0.4 is 11.5 Å². The Morgan fingerprint density at radius 1 is 0.812 bits per heavy atom. The van der Waals surface area contributed by atoms with Gasteiger partial charge in [-0.3, -0.25) is 9.59 Å². The molecule has 0 aliphatic rings. The molecule has 16 heavy (non-hydrogen) atoms. The topological polar surface area (TPSA) is 86.2 Å². The molecule has 0 aliphatic carbocycles. The van der Waals surface area contributed by atoms with Crippen LogP contribution in [-0.2, 0) is 0 Å². The number of hydrogen-bond donors (Lipinski definition) is 2. The summed E-state index contributed by atoms with van der Waals surface area (Å²) in [7, 11) is 0. The largest absolute Gasteiger partial charge is 0.330 e. The van der Waals surface area contributed by atoms with Gasteiger partial charge in [0.15, 0.2) is 11.6 Å². The lowest BCUT2D eigenvalue weighted by Gasteiger charge is -2.02. The standard InChI is InChI=1S/C12H16N2O2/c13-7-5-11(15)9-1-2-10(4-3-9)12(16)6-8-14/h1-4H,5-8,13-14H2. The Balaban J connectivity index is 2.75. The molecule has 0 bridgehead atoms. The van der Waals surface area contributed by atoms with Crippen LogP contribution in [0.4, 0.5) is 0 Å². The first kappa shape index (κ1) is 12.5. The molecule has 0 amide bonds. The zero-order valence-corrected chi connectivity index (χ0v) is 9.11. The lowest BCUT2D eigenvalue weighted by molar-refractivity contribution is 0.0973. The molecule has 0 unspecified atom stereocenters. The van der Waals surface area contributed by atoms with E-state index < -0.39 is 0 Å². The fourth-order valence-corrected chi connectivity index (χ4v) is 1.39. The zero-order chi connectivity index (χ0) is 12.0. The van der Waals surface area contributed by atoms with Crippen LogP contribution in [0.1, 0.15) is 33.6 Å². The molecule has 0 atom stereocenters. The van der Waals surface area contributed by atoms with Crippen LogP contribution in [-0.4, -0.2) is 24.7 Å². The molecule has 4 nitrogen and oxygen atoms in total. The van der Waals surface area contributed by atoms with Crippen molar-refractivity contribution in [3.63, 3.8) is 0 Å². The quantitative estimate of drug-likeness (QED) is 0.693. The van der Waals surface area contributed by atoms with Crippen LogP contribution >= 0.6 is 0 Å². The number of rotatable bonds is 6. The Kier molecular flexibility index (Phi) is 4.82. The van der Waals surface area contributed by atoms with Crippen LogP contribution in [0.15, 0.2) is 24.3 Å². The predicted molar refractivity (Wildman–Crippen MR) is 62.4 cm³/mol. The number of carbonyl (C=O) groups is 2. The smallest absolute Gasteiger partial charge is 0.164 e. The van der Waals surface area contributed by atoms with E-state index in [0.29, 0.717) is 37.1 Å². The van der Waals surface area contributed by atoms with E-state index in [4.69, 9.17) is 11.5 Å². The maximum absolute atomic E-state index is 11.5. The molecule has 0 aliphatic heterocycles. The molecule has 86 valence electrons. The first-order valence-corrected chi connectivity index (χ1v) is 5.25. The van der Waals surface area contributed by atoms with E-state index in [0.717, 1.165) is 0 Å². The van der Waals surface area contributed by atoms with Crippen molar-refractivity contribution in [3.8, 4) is 0 Å². The highest BCUT2D eigenvalue weighted by atomic mass is 16.1. The van der Waals surface area contributed by atoms with Gasteiger partial charge in [0.25, 0.3) is 0 Å². The van der Waals surface area contributed by atoms with E-state index >= 15 is 0 Å². The van der Waals surface area contributed by atoms with Crippen LogP contribution in [0.5, 0.6) is 0 Å². The molecule has 0 heterocycles. The molecular weight excluding hydrogens is 204 g/mol. The summed E-state index contributed by atoms with van der Waals surface area (Å²) in [5.41, 5.74) is 11.8. The summed E-state index contributed by atoms with van der Waals surface area (Å²) in [6.07, 6.45) is 0.659. The third-order valence-corrected chi connectivity index (χ3v) is 2.27. The summed E-state index contributed by atoms with van der Waals surface area (Å²) >= 11 is 0. The first-order valence-electron chi connectivity index (χ1n) is 5.25. The SMILES string of the molecule is NCCC(=O)c1ccc(C(=O)CCN)cc1.